The predicted octanol–water partition coefficient (Wildman–Crippen LogP) is 6.79. The maximum absolute atomic E-state index is 13.7. The Balaban J connectivity index is 1.42. The molecule has 196 valence electrons. The minimum absolute atomic E-state index is 0.198. The van der Waals surface area contributed by atoms with E-state index >= 15 is 0 Å². The number of amides is 1. The fraction of sp³-hybridized carbons (Fsp3) is 0.241. The van der Waals surface area contributed by atoms with Gasteiger partial charge in [-0.3, -0.25) is 4.79 Å². The number of rotatable bonds is 4. The molecule has 1 aliphatic heterocycles. The molecular formula is C29H26ClF3N4O. The molecule has 0 atom stereocenters. The first-order valence-electron chi connectivity index (χ1n) is 12.3. The molecular weight excluding hydrogens is 513 g/mol. The fourth-order valence-electron chi connectivity index (χ4n) is 4.59. The van der Waals surface area contributed by atoms with Gasteiger partial charge in [0.25, 0.3) is 5.91 Å². The Morgan fingerprint density at radius 2 is 1.55 bits per heavy atom. The van der Waals surface area contributed by atoms with E-state index in [0.717, 1.165) is 28.8 Å². The van der Waals surface area contributed by atoms with E-state index in [1.165, 1.54) is 6.07 Å². The number of piperazine rings is 1. The van der Waals surface area contributed by atoms with Crippen LogP contribution in [0.1, 0.15) is 27.2 Å². The summed E-state index contributed by atoms with van der Waals surface area (Å²) in [6.45, 7) is 5.65. The summed E-state index contributed by atoms with van der Waals surface area (Å²) in [7, 11) is 0. The molecule has 2 heterocycles. The molecule has 3 aromatic carbocycles. The standard InChI is InChI=1S/C29H26ClF3N4O/c1-19-9-10-21(15-20(19)2)26-18-27(37(34-26)25-8-4-6-23(30)17-25)28(38)36-13-11-35(12-14-36)24-7-3-5-22(16-24)29(31,32)33/h3-10,15-18H,11-14H2,1-2H3. The lowest BCUT2D eigenvalue weighted by Gasteiger charge is -2.36. The van der Waals surface area contributed by atoms with Crippen molar-refractivity contribution in [2.45, 2.75) is 20.0 Å². The van der Waals surface area contributed by atoms with Gasteiger partial charge >= 0.3 is 6.18 Å². The van der Waals surface area contributed by atoms with Gasteiger partial charge in [0.1, 0.15) is 5.69 Å². The summed E-state index contributed by atoms with van der Waals surface area (Å²) in [6, 6.07) is 20.3. The molecule has 0 aliphatic carbocycles. The summed E-state index contributed by atoms with van der Waals surface area (Å²) in [4.78, 5) is 17.3. The summed E-state index contributed by atoms with van der Waals surface area (Å²) in [5.41, 5.74) is 4.73. The number of aromatic nitrogens is 2. The Labute approximate surface area is 224 Å². The van der Waals surface area contributed by atoms with Crippen molar-refractivity contribution in [2.24, 2.45) is 0 Å². The largest absolute Gasteiger partial charge is 0.416 e. The van der Waals surface area contributed by atoms with E-state index in [0.29, 0.717) is 54.0 Å². The first-order chi connectivity index (χ1) is 18.1. The van der Waals surface area contributed by atoms with E-state index in [1.54, 1.807) is 39.9 Å². The molecule has 0 spiro atoms. The van der Waals surface area contributed by atoms with E-state index in [2.05, 4.69) is 0 Å². The Bertz CT molecular complexity index is 1490. The third-order valence-electron chi connectivity index (χ3n) is 6.89. The third kappa shape index (κ3) is 5.27. The van der Waals surface area contributed by atoms with Gasteiger partial charge < -0.3 is 9.80 Å². The molecule has 1 aromatic heterocycles. The maximum Gasteiger partial charge on any atom is 0.416 e. The van der Waals surface area contributed by atoms with Crippen LogP contribution in [-0.2, 0) is 6.18 Å². The molecule has 1 fully saturated rings. The van der Waals surface area contributed by atoms with Gasteiger partial charge in [0, 0.05) is 42.5 Å². The zero-order chi connectivity index (χ0) is 27.0. The summed E-state index contributed by atoms with van der Waals surface area (Å²) in [5.74, 6) is -0.198. The fourth-order valence-corrected chi connectivity index (χ4v) is 4.77. The summed E-state index contributed by atoms with van der Waals surface area (Å²) < 4.78 is 41.1. The van der Waals surface area contributed by atoms with Crippen LogP contribution in [0.4, 0.5) is 18.9 Å². The molecule has 1 amide bonds. The van der Waals surface area contributed by atoms with Crippen molar-refractivity contribution in [3.05, 3.63) is 100 Å². The Morgan fingerprint density at radius 1 is 0.842 bits per heavy atom. The van der Waals surface area contributed by atoms with Crippen LogP contribution in [-0.4, -0.2) is 46.8 Å². The van der Waals surface area contributed by atoms with Gasteiger partial charge in [-0.2, -0.15) is 18.3 Å². The van der Waals surface area contributed by atoms with E-state index in [9.17, 15) is 18.0 Å². The minimum atomic E-state index is -4.40. The molecule has 1 aliphatic rings. The van der Waals surface area contributed by atoms with Gasteiger partial charge in [0.05, 0.1) is 16.9 Å². The van der Waals surface area contributed by atoms with E-state index < -0.39 is 11.7 Å². The molecule has 0 bridgehead atoms. The van der Waals surface area contributed by atoms with Crippen LogP contribution in [0, 0.1) is 13.8 Å². The number of carbonyl (C=O) groups excluding carboxylic acids is 1. The molecule has 0 unspecified atom stereocenters. The van der Waals surface area contributed by atoms with Crippen molar-refractivity contribution in [3.8, 4) is 16.9 Å². The highest BCUT2D eigenvalue weighted by Gasteiger charge is 2.32. The second-order valence-electron chi connectivity index (χ2n) is 9.43. The van der Waals surface area contributed by atoms with Crippen LogP contribution < -0.4 is 4.90 Å². The molecule has 0 saturated carbocycles. The number of hydrogen-bond donors (Lipinski definition) is 0. The first kappa shape index (κ1) is 25.9. The zero-order valence-electron chi connectivity index (χ0n) is 21.0. The summed E-state index contributed by atoms with van der Waals surface area (Å²) in [5, 5.41) is 5.29. The molecule has 5 nitrogen and oxygen atoms in total. The maximum atomic E-state index is 13.7. The van der Waals surface area contributed by atoms with Gasteiger partial charge in [0.15, 0.2) is 0 Å². The van der Waals surface area contributed by atoms with Crippen LogP contribution >= 0.6 is 11.6 Å². The highest BCUT2D eigenvalue weighted by molar-refractivity contribution is 6.30. The molecule has 38 heavy (non-hydrogen) atoms. The van der Waals surface area contributed by atoms with Crippen LogP contribution in [0.25, 0.3) is 16.9 Å². The van der Waals surface area contributed by atoms with E-state index in [1.807, 2.05) is 43.0 Å². The number of carbonyl (C=O) groups is 1. The number of anilines is 1. The topological polar surface area (TPSA) is 41.4 Å². The van der Waals surface area contributed by atoms with Crippen LogP contribution in [0.2, 0.25) is 5.02 Å². The SMILES string of the molecule is Cc1ccc(-c2cc(C(=O)N3CCN(c4cccc(C(F)(F)F)c4)CC3)n(-c3cccc(Cl)c3)n2)cc1C. The molecule has 9 heteroatoms. The van der Waals surface area contributed by atoms with Crippen LogP contribution in [0.3, 0.4) is 0 Å². The lowest BCUT2D eigenvalue weighted by atomic mass is 10.0. The molecule has 1 saturated heterocycles. The van der Waals surface area contributed by atoms with Gasteiger partial charge in [0.2, 0.25) is 0 Å². The number of aryl methyl sites for hydroxylation is 2. The quantitative estimate of drug-likeness (QED) is 0.287. The predicted molar refractivity (Wildman–Crippen MR) is 143 cm³/mol. The van der Waals surface area contributed by atoms with Crippen molar-refractivity contribution >= 4 is 23.2 Å². The Morgan fingerprint density at radius 3 is 2.24 bits per heavy atom. The number of hydrogen-bond acceptors (Lipinski definition) is 3. The minimum Gasteiger partial charge on any atom is -0.368 e. The van der Waals surface area contributed by atoms with Crippen molar-refractivity contribution in [1.82, 2.24) is 14.7 Å². The number of benzene rings is 3. The average Bonchev–Trinajstić information content (AvgIpc) is 3.35. The van der Waals surface area contributed by atoms with Gasteiger partial charge in [-0.15, -0.1) is 0 Å². The highest BCUT2D eigenvalue weighted by atomic mass is 35.5. The third-order valence-corrected chi connectivity index (χ3v) is 7.12. The monoisotopic (exact) mass is 538 g/mol. The molecule has 0 N–H and O–H groups in total. The molecule has 4 aromatic rings. The number of alkyl halides is 3. The second-order valence-corrected chi connectivity index (χ2v) is 9.87. The van der Waals surface area contributed by atoms with E-state index in [-0.39, 0.29) is 5.91 Å². The van der Waals surface area contributed by atoms with Gasteiger partial charge in [-0.05, 0) is 73.5 Å². The Kier molecular flexibility index (Phi) is 6.92. The number of nitrogens with zero attached hydrogens (tertiary/aromatic N) is 4. The molecule has 5 rings (SSSR count). The zero-order valence-corrected chi connectivity index (χ0v) is 21.7. The lowest BCUT2D eigenvalue weighted by Crippen LogP contribution is -2.49. The second kappa shape index (κ2) is 10.2. The Hall–Kier alpha value is -3.78. The highest BCUT2D eigenvalue weighted by Crippen LogP contribution is 2.32. The van der Waals surface area contributed by atoms with Crippen molar-refractivity contribution in [3.63, 3.8) is 0 Å². The number of halogens is 4. The summed E-state index contributed by atoms with van der Waals surface area (Å²) in [6.07, 6.45) is -4.40. The first-order valence-corrected chi connectivity index (χ1v) is 12.6. The van der Waals surface area contributed by atoms with E-state index in [4.69, 9.17) is 16.7 Å². The van der Waals surface area contributed by atoms with Crippen molar-refractivity contribution in [1.29, 1.82) is 0 Å². The van der Waals surface area contributed by atoms with Crippen molar-refractivity contribution < 1.29 is 18.0 Å². The summed E-state index contributed by atoms with van der Waals surface area (Å²) >= 11 is 6.24. The van der Waals surface area contributed by atoms with Gasteiger partial charge in [-0.25, -0.2) is 4.68 Å². The average molecular weight is 539 g/mol. The molecule has 0 radical (unpaired) electrons. The normalized spacial score (nSPS) is 14.2. The lowest BCUT2D eigenvalue weighted by molar-refractivity contribution is -0.137. The van der Waals surface area contributed by atoms with Gasteiger partial charge in [-0.1, -0.05) is 35.9 Å². The van der Waals surface area contributed by atoms with Crippen LogP contribution in [0.15, 0.2) is 72.8 Å². The van der Waals surface area contributed by atoms with Crippen LogP contribution in [0.5, 0.6) is 0 Å². The van der Waals surface area contributed by atoms with Crippen molar-refractivity contribution in [2.75, 3.05) is 31.1 Å². The smallest absolute Gasteiger partial charge is 0.368 e.